The molecule has 68 heavy (non-hydrogen) atoms. The Morgan fingerprint density at radius 3 is 1.29 bits per heavy atom. The average Bonchev–Trinajstić information content (AvgIpc) is 3.42. The van der Waals surface area contributed by atoms with E-state index in [9.17, 15) is 0 Å². The summed E-state index contributed by atoms with van der Waals surface area (Å²) in [7, 11) is 0. The van der Waals surface area contributed by atoms with Gasteiger partial charge in [-0.2, -0.15) is 0 Å². The third-order valence-corrected chi connectivity index (χ3v) is 13.0. The zero-order valence-electron chi connectivity index (χ0n) is 36.6. The van der Waals surface area contributed by atoms with Crippen molar-refractivity contribution in [3.8, 4) is 45.4 Å². The van der Waals surface area contributed by atoms with Crippen LogP contribution in [0.1, 0.15) is 0 Å². The smallest absolute Gasteiger partial charge is 0.0972 e. The van der Waals surface area contributed by atoms with Gasteiger partial charge in [0.15, 0.2) is 0 Å². The first kappa shape index (κ1) is 39.1. The summed E-state index contributed by atoms with van der Waals surface area (Å²) in [5, 5.41) is 15.2. The fraction of sp³-hybridized carbons (Fsp3) is 0. The number of benzene rings is 8. The first-order valence-corrected chi connectivity index (χ1v) is 22.8. The van der Waals surface area contributed by atoms with Gasteiger partial charge >= 0.3 is 0 Å². The van der Waals surface area contributed by atoms with Gasteiger partial charge in [-0.05, 0) is 81.5 Å². The molecule has 0 N–H and O–H groups in total. The summed E-state index contributed by atoms with van der Waals surface area (Å²) in [6.07, 6.45) is 3.67. The second-order valence-corrected chi connectivity index (χ2v) is 16.9. The fourth-order valence-corrected chi connectivity index (χ4v) is 9.90. The SMILES string of the molecule is c1cc(-c2cccc3ncccc23)nc(-c2nc3ccccc3c3c2ccc2ccccc23)c1.c1cc(-c2nccc3ccccc23)nc(-c2nc3ccccc3c3c2ccc2ccccc23)c1. The monoisotopic (exact) mass is 866 g/mol. The first-order chi connectivity index (χ1) is 33.7. The quantitative estimate of drug-likeness (QED) is 0.164. The molecule has 0 radical (unpaired) electrons. The van der Waals surface area contributed by atoms with E-state index in [2.05, 4.69) is 162 Å². The zero-order chi connectivity index (χ0) is 45.0. The van der Waals surface area contributed by atoms with Crippen LogP contribution in [-0.4, -0.2) is 29.9 Å². The Morgan fingerprint density at radius 1 is 0.221 bits per heavy atom. The van der Waals surface area contributed by atoms with E-state index in [1.54, 1.807) is 0 Å². The largest absolute Gasteiger partial charge is 0.256 e. The van der Waals surface area contributed by atoms with Gasteiger partial charge in [0.25, 0.3) is 0 Å². The Balaban J connectivity index is 0.000000134. The molecule has 0 saturated heterocycles. The molecule has 6 heterocycles. The van der Waals surface area contributed by atoms with Crippen molar-refractivity contribution >= 4 is 86.6 Å². The normalized spacial score (nSPS) is 11.5. The van der Waals surface area contributed by atoms with Gasteiger partial charge in [-0.15, -0.1) is 0 Å². The van der Waals surface area contributed by atoms with E-state index in [-0.39, 0.29) is 0 Å². The van der Waals surface area contributed by atoms with Crippen molar-refractivity contribution in [2.45, 2.75) is 0 Å². The van der Waals surface area contributed by atoms with Gasteiger partial charge in [0.05, 0.1) is 56.4 Å². The summed E-state index contributed by atoms with van der Waals surface area (Å²) >= 11 is 0. The molecule has 316 valence electrons. The number of hydrogen-bond donors (Lipinski definition) is 0. The number of nitrogens with zero attached hydrogens (tertiary/aromatic N) is 6. The molecular weight excluding hydrogens is 829 g/mol. The molecule has 6 nitrogen and oxygen atoms in total. The Morgan fingerprint density at radius 2 is 0.676 bits per heavy atom. The van der Waals surface area contributed by atoms with Gasteiger partial charge < -0.3 is 0 Å². The van der Waals surface area contributed by atoms with Crippen molar-refractivity contribution in [2.24, 2.45) is 0 Å². The predicted molar refractivity (Wildman–Crippen MR) is 281 cm³/mol. The molecular formula is C62H38N6. The molecule has 0 unspecified atom stereocenters. The molecule has 0 atom stereocenters. The second-order valence-electron chi connectivity index (χ2n) is 16.9. The van der Waals surface area contributed by atoms with Gasteiger partial charge in [0.2, 0.25) is 0 Å². The maximum absolute atomic E-state index is 5.11. The molecule has 14 aromatic rings. The Labute approximate surface area is 390 Å². The van der Waals surface area contributed by atoms with Gasteiger partial charge in [0, 0.05) is 61.0 Å². The van der Waals surface area contributed by atoms with E-state index in [1.165, 1.54) is 32.3 Å². The van der Waals surface area contributed by atoms with E-state index in [1.807, 2.05) is 79.1 Å². The van der Waals surface area contributed by atoms with Crippen molar-refractivity contribution < 1.29 is 0 Å². The van der Waals surface area contributed by atoms with Crippen molar-refractivity contribution in [3.63, 3.8) is 0 Å². The first-order valence-electron chi connectivity index (χ1n) is 22.8. The van der Waals surface area contributed by atoms with Crippen LogP contribution in [0.4, 0.5) is 0 Å². The van der Waals surface area contributed by atoms with Crippen LogP contribution < -0.4 is 0 Å². The van der Waals surface area contributed by atoms with Crippen molar-refractivity contribution in [2.75, 3.05) is 0 Å². The fourth-order valence-electron chi connectivity index (χ4n) is 9.90. The standard InChI is InChI=1S/2C31H19N3/c1-3-10-22-20(8-1)16-17-25-29(22)24-12-5-6-13-26(24)34-31(25)28-15-7-14-27(33-28)30-23-11-4-2-9-21(23)18-19-32-30;1-2-9-21-20(8-1)17-18-25-30(21)24-10-3-4-13-28(24)34-31(25)29-16-6-15-27(33-29)23-11-5-14-26-22(23)12-7-19-32-26/h2*1-19H. The van der Waals surface area contributed by atoms with E-state index < -0.39 is 0 Å². The average molecular weight is 867 g/mol. The van der Waals surface area contributed by atoms with Crippen LogP contribution in [0.2, 0.25) is 0 Å². The van der Waals surface area contributed by atoms with E-state index in [4.69, 9.17) is 19.9 Å². The van der Waals surface area contributed by atoms with Crippen molar-refractivity contribution in [3.05, 3.63) is 231 Å². The second kappa shape index (κ2) is 16.3. The summed E-state index contributed by atoms with van der Waals surface area (Å²) in [5.41, 5.74) is 10.1. The van der Waals surface area contributed by atoms with E-state index >= 15 is 0 Å². The van der Waals surface area contributed by atoms with Crippen LogP contribution in [0, 0.1) is 0 Å². The maximum Gasteiger partial charge on any atom is 0.0972 e. The van der Waals surface area contributed by atoms with Crippen molar-refractivity contribution in [1.82, 2.24) is 29.9 Å². The Kier molecular flexibility index (Phi) is 9.39. The van der Waals surface area contributed by atoms with Crippen LogP contribution in [0.5, 0.6) is 0 Å². The zero-order valence-corrected chi connectivity index (χ0v) is 36.6. The highest BCUT2D eigenvalue weighted by atomic mass is 14.8. The van der Waals surface area contributed by atoms with Gasteiger partial charge in [-0.3, -0.25) is 9.97 Å². The number of fused-ring (bicyclic) bond motifs is 12. The molecule has 6 aromatic heterocycles. The van der Waals surface area contributed by atoms with Crippen LogP contribution >= 0.6 is 0 Å². The number of hydrogen-bond acceptors (Lipinski definition) is 6. The lowest BCUT2D eigenvalue weighted by molar-refractivity contribution is 1.25. The summed E-state index contributed by atoms with van der Waals surface area (Å²) in [5.74, 6) is 0. The molecule has 0 amide bonds. The number of rotatable bonds is 4. The summed E-state index contributed by atoms with van der Waals surface area (Å²) in [4.78, 5) is 29.6. The molecule has 0 aliphatic carbocycles. The van der Waals surface area contributed by atoms with E-state index in [0.717, 1.165) is 99.7 Å². The van der Waals surface area contributed by atoms with Gasteiger partial charge in [-0.1, -0.05) is 164 Å². The predicted octanol–water partition coefficient (Wildman–Crippen LogP) is 15.6. The minimum Gasteiger partial charge on any atom is -0.256 e. The third-order valence-electron chi connectivity index (χ3n) is 13.0. The third kappa shape index (κ3) is 6.66. The van der Waals surface area contributed by atoms with Crippen molar-refractivity contribution in [1.29, 1.82) is 0 Å². The lowest BCUT2D eigenvalue weighted by Crippen LogP contribution is -1.95. The topological polar surface area (TPSA) is 77.3 Å². The molecule has 6 heteroatoms. The van der Waals surface area contributed by atoms with Crippen LogP contribution in [0.3, 0.4) is 0 Å². The van der Waals surface area contributed by atoms with Gasteiger partial charge in [0.1, 0.15) is 0 Å². The summed E-state index contributed by atoms with van der Waals surface area (Å²) in [6, 6.07) is 75.4. The van der Waals surface area contributed by atoms with Crippen LogP contribution in [0.15, 0.2) is 231 Å². The lowest BCUT2D eigenvalue weighted by atomic mass is 9.96. The number of pyridine rings is 6. The molecule has 8 aromatic carbocycles. The minimum atomic E-state index is 0.846. The highest BCUT2D eigenvalue weighted by Crippen LogP contribution is 2.39. The molecule has 0 spiro atoms. The molecule has 0 fully saturated rings. The molecule has 0 aliphatic rings. The maximum atomic E-state index is 5.11. The summed E-state index contributed by atoms with van der Waals surface area (Å²) in [6.45, 7) is 0. The highest BCUT2D eigenvalue weighted by Gasteiger charge is 2.17. The Hall–Kier alpha value is -9.26. The minimum absolute atomic E-state index is 0.846. The Bertz CT molecular complexity index is 3980. The summed E-state index contributed by atoms with van der Waals surface area (Å²) < 4.78 is 0. The number of para-hydroxylation sites is 2. The van der Waals surface area contributed by atoms with Gasteiger partial charge in [-0.25, -0.2) is 19.9 Å². The molecule has 0 saturated carbocycles. The molecule has 14 rings (SSSR count). The lowest BCUT2D eigenvalue weighted by Gasteiger charge is -2.13. The van der Waals surface area contributed by atoms with Crippen LogP contribution in [-0.2, 0) is 0 Å². The highest BCUT2D eigenvalue weighted by molar-refractivity contribution is 6.23. The van der Waals surface area contributed by atoms with E-state index in [0.29, 0.717) is 0 Å². The van der Waals surface area contributed by atoms with Crippen LogP contribution in [0.25, 0.3) is 132 Å². The molecule has 0 bridgehead atoms. The number of aromatic nitrogens is 6. The molecule has 0 aliphatic heterocycles.